The molecule has 0 fully saturated rings. The van der Waals surface area contributed by atoms with E-state index in [0.29, 0.717) is 19.4 Å². The maximum absolute atomic E-state index is 12.7. The first kappa shape index (κ1) is 32.2. The second kappa shape index (κ2) is 13.4. The van der Waals surface area contributed by atoms with Gasteiger partial charge in [-0.15, -0.1) is 0 Å². The third-order valence-corrected chi connectivity index (χ3v) is 4.37. The van der Waals surface area contributed by atoms with Crippen LogP contribution in [0.5, 0.6) is 0 Å². The van der Waals surface area contributed by atoms with E-state index in [-0.39, 0.29) is 6.54 Å². The van der Waals surface area contributed by atoms with Crippen LogP contribution >= 0.6 is 0 Å². The van der Waals surface area contributed by atoms with E-state index in [0.717, 1.165) is 0 Å². The van der Waals surface area contributed by atoms with Gasteiger partial charge < -0.3 is 41.6 Å². The fourth-order valence-corrected chi connectivity index (χ4v) is 2.95. The molecule has 1 unspecified atom stereocenters. The van der Waals surface area contributed by atoms with E-state index in [4.69, 9.17) is 25.7 Å². The molecule has 0 spiro atoms. The molecule has 0 saturated carbocycles. The van der Waals surface area contributed by atoms with Crippen molar-refractivity contribution in [2.24, 2.45) is 16.9 Å². The van der Waals surface area contributed by atoms with Crippen LogP contribution in [-0.4, -0.2) is 66.7 Å². The van der Waals surface area contributed by atoms with Crippen LogP contribution in [0.25, 0.3) is 0 Å². The maximum atomic E-state index is 12.7. The number of hydrogen-bond donors (Lipinski definition) is 5. The number of amides is 4. The Labute approximate surface area is 208 Å². The number of ether oxygens (including phenoxy) is 3. The number of primary amides is 1. The minimum atomic E-state index is -1.18. The number of carbonyl (C=O) groups excluding carboxylic acids is 4. The number of carbonyl (C=O) groups is 4. The Morgan fingerprint density at radius 3 is 1.80 bits per heavy atom. The van der Waals surface area contributed by atoms with Crippen molar-refractivity contribution in [2.75, 3.05) is 13.1 Å². The van der Waals surface area contributed by atoms with Gasteiger partial charge in [0.25, 0.3) is 0 Å². The van der Waals surface area contributed by atoms with Gasteiger partial charge in [-0.3, -0.25) is 4.79 Å². The van der Waals surface area contributed by atoms with Crippen LogP contribution in [0.1, 0.15) is 75.2 Å². The molecule has 12 heteroatoms. The third-order valence-electron chi connectivity index (χ3n) is 4.37. The molecule has 0 aliphatic carbocycles. The van der Waals surface area contributed by atoms with Gasteiger partial charge in [-0.05, 0) is 54.4 Å². The predicted molar refractivity (Wildman–Crippen MR) is 132 cm³/mol. The van der Waals surface area contributed by atoms with E-state index in [9.17, 15) is 19.2 Å². The lowest BCUT2D eigenvalue weighted by Crippen LogP contribution is -2.56. The summed E-state index contributed by atoms with van der Waals surface area (Å²) in [5.41, 5.74) is 9.22. The van der Waals surface area contributed by atoms with Crippen LogP contribution in [0.2, 0.25) is 0 Å². The summed E-state index contributed by atoms with van der Waals surface area (Å²) in [6.45, 7) is 16.1. The minimum Gasteiger partial charge on any atom is -0.444 e. The molecule has 0 bridgehead atoms. The summed E-state index contributed by atoms with van der Waals surface area (Å²) in [6.07, 6.45) is -2.30. The molecule has 0 aromatic heterocycles. The van der Waals surface area contributed by atoms with E-state index < -0.39 is 59.0 Å². The highest BCUT2D eigenvalue weighted by atomic mass is 16.6. The topological polar surface area (TPSA) is 184 Å². The first-order valence-corrected chi connectivity index (χ1v) is 11.7. The van der Waals surface area contributed by atoms with Gasteiger partial charge in [0, 0.05) is 24.5 Å². The summed E-state index contributed by atoms with van der Waals surface area (Å²) >= 11 is 0. The summed E-state index contributed by atoms with van der Waals surface area (Å²) < 4.78 is 15.6. The van der Waals surface area contributed by atoms with Crippen LogP contribution in [0.15, 0.2) is 0 Å². The quantitative estimate of drug-likeness (QED) is 0.222. The van der Waals surface area contributed by atoms with Gasteiger partial charge in [0.15, 0.2) is 0 Å². The van der Waals surface area contributed by atoms with E-state index in [2.05, 4.69) is 16.0 Å². The number of hydrogen-bond acceptors (Lipinski definition) is 8. The molecule has 0 aromatic carbocycles. The van der Waals surface area contributed by atoms with Gasteiger partial charge in [0.05, 0.1) is 0 Å². The normalized spacial score (nSPS) is 14.7. The molecule has 4 amide bonds. The minimum absolute atomic E-state index is 0.0334. The average molecular weight is 504 g/mol. The number of rotatable bonds is 10. The standard InChI is InChI=1S/C23H45N5O7/c1-21(2,3)16(33-18(25)30)15(24)17(29)27-13-14(28-20(32)35-23(7,8)9)11-10-12-26-19(31)34-22(4,5)6/h14-16H,10-13,24H2,1-9H3,(H2,25,30)(H,26,31)(H,27,29)(H,28,32)/t14-,15-,16?/m0/s1. The van der Waals surface area contributed by atoms with Crippen molar-refractivity contribution >= 4 is 24.2 Å². The first-order chi connectivity index (χ1) is 15.7. The molecule has 7 N–H and O–H groups in total. The Bertz CT molecular complexity index is 723. The van der Waals surface area contributed by atoms with Crippen molar-refractivity contribution in [3.8, 4) is 0 Å². The third kappa shape index (κ3) is 15.7. The predicted octanol–water partition coefficient (Wildman–Crippen LogP) is 2.14. The van der Waals surface area contributed by atoms with Gasteiger partial charge in [-0.25, -0.2) is 14.4 Å². The van der Waals surface area contributed by atoms with Crippen LogP contribution < -0.4 is 27.4 Å². The zero-order valence-corrected chi connectivity index (χ0v) is 22.6. The molecule has 0 saturated heterocycles. The van der Waals surface area contributed by atoms with Crippen molar-refractivity contribution < 1.29 is 33.4 Å². The SMILES string of the molecule is CC(C)(C)OC(=O)NCCC[C@@H](CNC(=O)[C@@H](N)C(OC(N)=O)C(C)(C)C)NC(=O)OC(C)(C)C. The van der Waals surface area contributed by atoms with Crippen LogP contribution in [0.3, 0.4) is 0 Å². The number of alkyl carbamates (subject to hydrolysis) is 2. The van der Waals surface area contributed by atoms with Crippen LogP contribution in [0, 0.1) is 5.41 Å². The van der Waals surface area contributed by atoms with E-state index >= 15 is 0 Å². The Morgan fingerprint density at radius 1 is 0.829 bits per heavy atom. The first-order valence-electron chi connectivity index (χ1n) is 11.7. The van der Waals surface area contributed by atoms with Crippen LogP contribution in [-0.2, 0) is 19.0 Å². The lowest BCUT2D eigenvalue weighted by Gasteiger charge is -2.33. The van der Waals surface area contributed by atoms with E-state index in [1.54, 1.807) is 62.3 Å². The van der Waals surface area contributed by atoms with Crippen LogP contribution in [0.4, 0.5) is 14.4 Å². The van der Waals surface area contributed by atoms with Crippen molar-refractivity contribution in [2.45, 2.75) is 105 Å². The molecule has 0 rings (SSSR count). The highest BCUT2D eigenvalue weighted by Gasteiger charge is 2.37. The largest absolute Gasteiger partial charge is 0.444 e. The molecular formula is C23H45N5O7. The van der Waals surface area contributed by atoms with Crippen molar-refractivity contribution in [3.05, 3.63) is 0 Å². The number of nitrogens with two attached hydrogens (primary N) is 2. The highest BCUT2D eigenvalue weighted by molar-refractivity contribution is 5.83. The summed E-state index contributed by atoms with van der Waals surface area (Å²) in [4.78, 5) is 48.1. The van der Waals surface area contributed by atoms with Crippen molar-refractivity contribution in [1.29, 1.82) is 0 Å². The van der Waals surface area contributed by atoms with Gasteiger partial charge in [-0.1, -0.05) is 20.8 Å². The van der Waals surface area contributed by atoms with Gasteiger partial charge in [0.2, 0.25) is 5.91 Å². The Kier molecular flexibility index (Phi) is 12.3. The highest BCUT2D eigenvalue weighted by Crippen LogP contribution is 2.24. The molecule has 0 heterocycles. The lowest BCUT2D eigenvalue weighted by molar-refractivity contribution is -0.126. The summed E-state index contributed by atoms with van der Waals surface area (Å²) in [5.74, 6) is -0.575. The Balaban J connectivity index is 5.09. The van der Waals surface area contributed by atoms with E-state index in [1.165, 1.54) is 0 Å². The second-order valence-electron chi connectivity index (χ2n) is 11.4. The van der Waals surface area contributed by atoms with Gasteiger partial charge in [0.1, 0.15) is 23.3 Å². The number of nitrogens with one attached hydrogen (secondary N) is 3. The molecule has 0 radical (unpaired) electrons. The van der Waals surface area contributed by atoms with Crippen molar-refractivity contribution in [3.63, 3.8) is 0 Å². The zero-order valence-electron chi connectivity index (χ0n) is 22.6. The molecule has 0 aliphatic rings. The fraction of sp³-hybridized carbons (Fsp3) is 0.826. The lowest BCUT2D eigenvalue weighted by atomic mass is 9.84. The van der Waals surface area contributed by atoms with Gasteiger partial charge in [-0.2, -0.15) is 0 Å². The Hall–Kier alpha value is -2.76. The Morgan fingerprint density at radius 2 is 1.34 bits per heavy atom. The summed E-state index contributed by atoms with van der Waals surface area (Å²) in [6, 6.07) is -1.70. The fourth-order valence-electron chi connectivity index (χ4n) is 2.95. The average Bonchev–Trinajstić information content (AvgIpc) is 2.62. The molecule has 204 valence electrons. The zero-order chi connectivity index (χ0) is 27.6. The second-order valence-corrected chi connectivity index (χ2v) is 11.4. The van der Waals surface area contributed by atoms with Gasteiger partial charge >= 0.3 is 18.3 Å². The molecule has 35 heavy (non-hydrogen) atoms. The maximum Gasteiger partial charge on any atom is 0.407 e. The molecular weight excluding hydrogens is 458 g/mol. The molecule has 0 aromatic rings. The molecule has 3 atom stereocenters. The molecule has 0 aliphatic heterocycles. The van der Waals surface area contributed by atoms with E-state index in [1.807, 2.05) is 0 Å². The van der Waals surface area contributed by atoms with Crippen molar-refractivity contribution in [1.82, 2.24) is 16.0 Å². The monoisotopic (exact) mass is 503 g/mol. The summed E-state index contributed by atoms with van der Waals surface area (Å²) in [5, 5.41) is 8.05. The smallest absolute Gasteiger partial charge is 0.407 e. The summed E-state index contributed by atoms with van der Waals surface area (Å²) in [7, 11) is 0. The molecule has 12 nitrogen and oxygen atoms in total.